The summed E-state index contributed by atoms with van der Waals surface area (Å²) in [4.78, 5) is 24.5. The average molecular weight is 497 g/mol. The van der Waals surface area contributed by atoms with Crippen molar-refractivity contribution in [2.75, 3.05) is 38.2 Å². The molecule has 0 radical (unpaired) electrons. The average Bonchev–Trinajstić information content (AvgIpc) is 2.73. The topological polar surface area (TPSA) is 102 Å². The maximum atomic E-state index is 12.9. The number of ether oxygens (including phenoxy) is 2. The van der Waals surface area contributed by atoms with Gasteiger partial charge in [0.1, 0.15) is 0 Å². The quantitative estimate of drug-likeness (QED) is 0.616. The molecule has 1 N–H and O–H groups in total. The lowest BCUT2D eigenvalue weighted by molar-refractivity contribution is -0.119. The van der Waals surface area contributed by atoms with Crippen molar-refractivity contribution in [3.05, 3.63) is 58.1 Å². The summed E-state index contributed by atoms with van der Waals surface area (Å²) in [6, 6.07) is 11.3. The van der Waals surface area contributed by atoms with Crippen LogP contribution >= 0.6 is 15.9 Å². The Morgan fingerprint density at radius 3 is 2.60 bits per heavy atom. The van der Waals surface area contributed by atoms with Crippen LogP contribution in [0.15, 0.2) is 51.8 Å². The molecule has 0 unspecified atom stereocenters. The van der Waals surface area contributed by atoms with Crippen LogP contribution in [0.4, 0.5) is 5.69 Å². The summed E-state index contributed by atoms with van der Waals surface area (Å²) in [5.74, 6) is -1.28. The second-order valence-corrected chi connectivity index (χ2v) is 9.45. The zero-order valence-corrected chi connectivity index (χ0v) is 18.7. The zero-order valence-electron chi connectivity index (χ0n) is 16.3. The number of benzene rings is 2. The van der Waals surface area contributed by atoms with E-state index in [2.05, 4.69) is 21.2 Å². The minimum Gasteiger partial charge on any atom is -0.452 e. The van der Waals surface area contributed by atoms with Crippen LogP contribution in [0.25, 0.3) is 0 Å². The molecule has 0 bridgehead atoms. The molecule has 0 atom stereocenters. The number of rotatable bonds is 6. The Balaban J connectivity index is 1.67. The van der Waals surface area contributed by atoms with E-state index < -0.39 is 28.5 Å². The molecule has 1 aliphatic rings. The fraction of sp³-hybridized carbons (Fsp3) is 0.300. The van der Waals surface area contributed by atoms with Crippen molar-refractivity contribution in [1.82, 2.24) is 4.31 Å². The zero-order chi connectivity index (χ0) is 21.7. The van der Waals surface area contributed by atoms with E-state index in [1.165, 1.54) is 16.4 Å². The predicted octanol–water partition coefficient (Wildman–Crippen LogP) is 2.57. The van der Waals surface area contributed by atoms with Crippen LogP contribution in [0.1, 0.15) is 15.9 Å². The first-order valence-electron chi connectivity index (χ1n) is 9.18. The third-order valence-corrected chi connectivity index (χ3v) is 6.99. The summed E-state index contributed by atoms with van der Waals surface area (Å²) in [5, 5.41) is 2.62. The highest BCUT2D eigenvalue weighted by atomic mass is 79.9. The number of morpholine rings is 1. The molecule has 30 heavy (non-hydrogen) atoms. The first-order valence-corrected chi connectivity index (χ1v) is 11.4. The van der Waals surface area contributed by atoms with Gasteiger partial charge in [0, 0.05) is 23.2 Å². The molecule has 160 valence electrons. The summed E-state index contributed by atoms with van der Waals surface area (Å²) < 4.78 is 38.2. The van der Waals surface area contributed by atoms with E-state index in [1.54, 1.807) is 31.2 Å². The van der Waals surface area contributed by atoms with E-state index in [1.807, 2.05) is 6.07 Å². The molecular weight excluding hydrogens is 476 g/mol. The summed E-state index contributed by atoms with van der Waals surface area (Å²) in [6.45, 7) is 2.33. The number of anilines is 1. The van der Waals surface area contributed by atoms with Crippen LogP contribution < -0.4 is 5.32 Å². The smallest absolute Gasteiger partial charge is 0.338 e. The number of carbonyl (C=O) groups excluding carboxylic acids is 2. The fourth-order valence-corrected chi connectivity index (χ4v) is 4.97. The maximum absolute atomic E-state index is 12.9. The highest BCUT2D eigenvalue weighted by Crippen LogP contribution is 2.23. The van der Waals surface area contributed by atoms with Gasteiger partial charge >= 0.3 is 5.97 Å². The Labute approximate surface area is 183 Å². The van der Waals surface area contributed by atoms with Gasteiger partial charge in [-0.1, -0.05) is 28.1 Å². The van der Waals surface area contributed by atoms with Crippen molar-refractivity contribution < 1.29 is 27.5 Å². The van der Waals surface area contributed by atoms with Crippen molar-refractivity contribution in [2.24, 2.45) is 0 Å². The van der Waals surface area contributed by atoms with E-state index in [0.29, 0.717) is 24.5 Å². The number of hydrogen-bond acceptors (Lipinski definition) is 6. The first kappa shape index (κ1) is 22.4. The van der Waals surface area contributed by atoms with Gasteiger partial charge in [0.05, 0.1) is 23.7 Å². The van der Waals surface area contributed by atoms with Gasteiger partial charge in [-0.05, 0) is 42.8 Å². The molecule has 0 saturated carbocycles. The molecule has 2 aromatic carbocycles. The third kappa shape index (κ3) is 5.45. The largest absolute Gasteiger partial charge is 0.452 e. The van der Waals surface area contributed by atoms with E-state index in [-0.39, 0.29) is 23.5 Å². The van der Waals surface area contributed by atoms with Crippen LogP contribution in [-0.2, 0) is 24.3 Å². The third-order valence-electron chi connectivity index (χ3n) is 4.45. The number of halogens is 1. The first-order chi connectivity index (χ1) is 14.3. The lowest BCUT2D eigenvalue weighted by atomic mass is 10.1. The Morgan fingerprint density at radius 2 is 1.90 bits per heavy atom. The number of hydrogen-bond donors (Lipinski definition) is 1. The Bertz CT molecular complexity index is 1050. The highest BCUT2D eigenvalue weighted by molar-refractivity contribution is 9.10. The van der Waals surface area contributed by atoms with Crippen molar-refractivity contribution in [1.29, 1.82) is 0 Å². The van der Waals surface area contributed by atoms with Crippen LogP contribution in [0.5, 0.6) is 0 Å². The minimum absolute atomic E-state index is 0.0393. The maximum Gasteiger partial charge on any atom is 0.338 e. The molecule has 1 aliphatic heterocycles. The highest BCUT2D eigenvalue weighted by Gasteiger charge is 2.28. The molecule has 1 fully saturated rings. The number of carbonyl (C=O) groups is 2. The molecule has 1 heterocycles. The molecule has 0 aliphatic carbocycles. The van der Waals surface area contributed by atoms with E-state index in [4.69, 9.17) is 9.47 Å². The molecule has 2 aromatic rings. The monoisotopic (exact) mass is 496 g/mol. The van der Waals surface area contributed by atoms with Gasteiger partial charge in [0.25, 0.3) is 5.91 Å². The molecule has 1 saturated heterocycles. The van der Waals surface area contributed by atoms with Crippen LogP contribution in [0, 0.1) is 6.92 Å². The number of esters is 1. The van der Waals surface area contributed by atoms with Crippen molar-refractivity contribution in [3.63, 3.8) is 0 Å². The molecule has 0 aromatic heterocycles. The summed E-state index contributed by atoms with van der Waals surface area (Å²) in [5.41, 5.74) is 1.13. The molecule has 1 amide bonds. The molecule has 10 heteroatoms. The molecule has 3 rings (SSSR count). The summed E-state index contributed by atoms with van der Waals surface area (Å²) >= 11 is 3.31. The fourth-order valence-electron chi connectivity index (χ4n) is 2.91. The number of aryl methyl sites for hydroxylation is 1. The molecular formula is C20H21BrN2O6S. The van der Waals surface area contributed by atoms with E-state index >= 15 is 0 Å². The summed E-state index contributed by atoms with van der Waals surface area (Å²) in [7, 11) is -3.76. The van der Waals surface area contributed by atoms with Gasteiger partial charge in [-0.3, -0.25) is 4.79 Å². The Kier molecular flexibility index (Phi) is 7.24. The Hall–Kier alpha value is -2.27. The van der Waals surface area contributed by atoms with Gasteiger partial charge in [0.15, 0.2) is 6.61 Å². The van der Waals surface area contributed by atoms with E-state index in [0.717, 1.165) is 4.47 Å². The number of sulfonamides is 1. The van der Waals surface area contributed by atoms with Crippen LogP contribution in [-0.4, -0.2) is 57.5 Å². The minimum atomic E-state index is -3.76. The van der Waals surface area contributed by atoms with Gasteiger partial charge in [-0.25, -0.2) is 13.2 Å². The van der Waals surface area contributed by atoms with Gasteiger partial charge in [0.2, 0.25) is 10.0 Å². The predicted molar refractivity (Wildman–Crippen MR) is 114 cm³/mol. The van der Waals surface area contributed by atoms with E-state index in [9.17, 15) is 18.0 Å². The Morgan fingerprint density at radius 1 is 1.17 bits per heavy atom. The van der Waals surface area contributed by atoms with Crippen LogP contribution in [0.2, 0.25) is 0 Å². The lowest BCUT2D eigenvalue weighted by Crippen LogP contribution is -2.40. The molecule has 8 nitrogen and oxygen atoms in total. The van der Waals surface area contributed by atoms with Crippen LogP contribution in [0.3, 0.4) is 0 Å². The van der Waals surface area contributed by atoms with Gasteiger partial charge in [-0.2, -0.15) is 4.31 Å². The second kappa shape index (κ2) is 9.69. The van der Waals surface area contributed by atoms with Crippen molar-refractivity contribution in [2.45, 2.75) is 11.8 Å². The summed E-state index contributed by atoms with van der Waals surface area (Å²) in [6.07, 6.45) is 0. The number of nitrogens with zero attached hydrogens (tertiary/aromatic N) is 1. The van der Waals surface area contributed by atoms with Gasteiger partial charge < -0.3 is 14.8 Å². The SMILES string of the molecule is Cc1ccc(C(=O)OCC(=O)Nc2cccc(Br)c2)cc1S(=O)(=O)N1CCOCC1. The number of amides is 1. The van der Waals surface area contributed by atoms with Crippen molar-refractivity contribution in [3.8, 4) is 0 Å². The van der Waals surface area contributed by atoms with Gasteiger partial charge in [-0.15, -0.1) is 0 Å². The second-order valence-electron chi connectivity index (χ2n) is 6.63. The molecule has 0 spiro atoms. The number of nitrogens with one attached hydrogen (secondary N) is 1. The standard InChI is InChI=1S/C20H21BrN2O6S/c1-14-5-6-15(11-18(14)30(26,27)23-7-9-28-10-8-23)20(25)29-13-19(24)22-17-4-2-3-16(21)12-17/h2-6,11-12H,7-10,13H2,1H3,(H,22,24). The normalized spacial score (nSPS) is 14.9. The lowest BCUT2D eigenvalue weighted by Gasteiger charge is -2.26. The van der Waals surface area contributed by atoms with Crippen molar-refractivity contribution >= 4 is 43.5 Å².